The van der Waals surface area contributed by atoms with Gasteiger partial charge in [0.1, 0.15) is 0 Å². The molecule has 2 aromatic rings. The molecule has 0 atom stereocenters. The summed E-state index contributed by atoms with van der Waals surface area (Å²) in [7, 11) is 1.25. The van der Waals surface area contributed by atoms with Crippen molar-refractivity contribution in [1.82, 2.24) is 9.97 Å². The number of carbonyl (C=O) groups is 3. The van der Waals surface area contributed by atoms with E-state index in [9.17, 15) is 14.4 Å². The minimum atomic E-state index is -0.585. The first-order chi connectivity index (χ1) is 10.4. The van der Waals surface area contributed by atoms with Crippen LogP contribution < -0.4 is 5.32 Å². The van der Waals surface area contributed by atoms with Crippen LogP contribution in [0.15, 0.2) is 11.6 Å². The maximum Gasteiger partial charge on any atom is 0.339 e. The molecule has 0 unspecified atom stereocenters. The van der Waals surface area contributed by atoms with Crippen molar-refractivity contribution in [1.29, 1.82) is 0 Å². The number of anilines is 1. The molecule has 8 heteroatoms. The highest BCUT2D eigenvalue weighted by molar-refractivity contribution is 7.13. The van der Waals surface area contributed by atoms with Crippen molar-refractivity contribution in [3.05, 3.63) is 34.1 Å². The molecular formula is C14H15N3O4S. The van der Waals surface area contributed by atoms with Crippen LogP contribution in [0.2, 0.25) is 0 Å². The highest BCUT2D eigenvalue weighted by Crippen LogP contribution is 2.21. The fourth-order valence-corrected chi connectivity index (χ4v) is 2.68. The summed E-state index contributed by atoms with van der Waals surface area (Å²) in [5.74, 6) is -1.14. The molecule has 1 amide bonds. The largest absolute Gasteiger partial charge is 0.465 e. The number of thiazole rings is 1. The summed E-state index contributed by atoms with van der Waals surface area (Å²) in [6, 6.07) is 0. The van der Waals surface area contributed by atoms with E-state index in [1.165, 1.54) is 25.4 Å². The number of methoxy groups -OCH3 is 1. The van der Waals surface area contributed by atoms with Gasteiger partial charge in [0, 0.05) is 24.2 Å². The number of aromatic nitrogens is 2. The van der Waals surface area contributed by atoms with Crippen LogP contribution in [-0.2, 0) is 16.0 Å². The van der Waals surface area contributed by atoms with Crippen molar-refractivity contribution in [2.24, 2.45) is 0 Å². The molecule has 2 aromatic heterocycles. The molecule has 0 aliphatic heterocycles. The maximum absolute atomic E-state index is 12.0. The van der Waals surface area contributed by atoms with Crippen LogP contribution in [0.3, 0.4) is 0 Å². The minimum Gasteiger partial charge on any atom is -0.465 e. The second kappa shape index (κ2) is 6.52. The van der Waals surface area contributed by atoms with Crippen LogP contribution in [0.4, 0.5) is 5.13 Å². The van der Waals surface area contributed by atoms with E-state index < -0.39 is 5.97 Å². The van der Waals surface area contributed by atoms with E-state index in [0.29, 0.717) is 22.1 Å². The topological polar surface area (TPSA) is 101 Å². The predicted molar refractivity (Wildman–Crippen MR) is 81.3 cm³/mol. The van der Waals surface area contributed by atoms with E-state index in [0.717, 1.165) is 0 Å². The van der Waals surface area contributed by atoms with Gasteiger partial charge in [-0.15, -0.1) is 11.3 Å². The van der Waals surface area contributed by atoms with Crippen molar-refractivity contribution >= 4 is 34.1 Å². The van der Waals surface area contributed by atoms with Gasteiger partial charge >= 0.3 is 5.97 Å². The van der Waals surface area contributed by atoms with Crippen LogP contribution in [0.25, 0.3) is 0 Å². The van der Waals surface area contributed by atoms with Crippen LogP contribution in [0.5, 0.6) is 0 Å². The van der Waals surface area contributed by atoms with E-state index in [-0.39, 0.29) is 23.7 Å². The highest BCUT2D eigenvalue weighted by Gasteiger charge is 2.24. The Balaban J connectivity index is 2.29. The Kier molecular flexibility index (Phi) is 4.71. The van der Waals surface area contributed by atoms with Gasteiger partial charge in [-0.25, -0.2) is 9.78 Å². The average molecular weight is 321 g/mol. The number of hydrogen-bond acceptors (Lipinski definition) is 6. The van der Waals surface area contributed by atoms with Crippen LogP contribution in [-0.4, -0.2) is 34.7 Å². The lowest BCUT2D eigenvalue weighted by molar-refractivity contribution is -0.115. The summed E-state index contributed by atoms with van der Waals surface area (Å²) >= 11 is 1.29. The third-order valence-electron chi connectivity index (χ3n) is 3.09. The molecule has 0 bridgehead atoms. The Hall–Kier alpha value is -2.48. The Labute approximate surface area is 130 Å². The molecule has 2 heterocycles. The molecule has 0 saturated carbocycles. The molecule has 2 N–H and O–H groups in total. The van der Waals surface area contributed by atoms with Gasteiger partial charge in [0.25, 0.3) is 0 Å². The Bertz CT molecular complexity index is 719. The molecule has 0 saturated heterocycles. The molecule has 0 aliphatic rings. The monoisotopic (exact) mass is 321 g/mol. The van der Waals surface area contributed by atoms with Gasteiger partial charge in [-0.1, -0.05) is 0 Å². The summed E-state index contributed by atoms with van der Waals surface area (Å²) in [5, 5.41) is 4.83. The lowest BCUT2D eigenvalue weighted by atomic mass is 10.1. The zero-order valence-electron chi connectivity index (χ0n) is 12.4. The summed E-state index contributed by atoms with van der Waals surface area (Å²) in [6.45, 7) is 3.03. The molecule has 7 nitrogen and oxygen atoms in total. The first-order valence-corrected chi connectivity index (χ1v) is 7.32. The van der Waals surface area contributed by atoms with Crippen molar-refractivity contribution in [3.8, 4) is 0 Å². The minimum absolute atomic E-state index is 0.0852. The molecule has 0 fully saturated rings. The van der Waals surface area contributed by atoms with E-state index in [1.54, 1.807) is 18.5 Å². The van der Waals surface area contributed by atoms with E-state index in [2.05, 4.69) is 15.3 Å². The molecule has 22 heavy (non-hydrogen) atoms. The van der Waals surface area contributed by atoms with Gasteiger partial charge in [-0.2, -0.15) is 0 Å². The summed E-state index contributed by atoms with van der Waals surface area (Å²) in [4.78, 5) is 42.3. The van der Waals surface area contributed by atoms with Crippen LogP contribution in [0.1, 0.15) is 39.0 Å². The van der Waals surface area contributed by atoms with Gasteiger partial charge in [0.15, 0.2) is 10.9 Å². The lowest BCUT2D eigenvalue weighted by Gasteiger charge is -2.04. The van der Waals surface area contributed by atoms with Gasteiger partial charge in [-0.05, 0) is 12.5 Å². The first kappa shape index (κ1) is 15.9. The van der Waals surface area contributed by atoms with Crippen molar-refractivity contribution in [2.75, 3.05) is 12.4 Å². The summed E-state index contributed by atoms with van der Waals surface area (Å²) in [6.07, 6.45) is 1.49. The number of ether oxygens (including phenoxy) is 1. The highest BCUT2D eigenvalue weighted by atomic mass is 32.1. The molecule has 0 spiro atoms. The molecule has 2 rings (SSSR count). The van der Waals surface area contributed by atoms with E-state index in [4.69, 9.17) is 4.74 Å². The SMILES string of the molecule is COC(=O)c1c(CC(=O)Nc2nccs2)[nH]c(C(C)=O)c1C. The number of nitrogens with one attached hydrogen (secondary N) is 2. The fraction of sp³-hybridized carbons (Fsp3) is 0.286. The number of rotatable bonds is 5. The smallest absolute Gasteiger partial charge is 0.339 e. The number of amides is 1. The van der Waals surface area contributed by atoms with Crippen molar-refractivity contribution < 1.29 is 19.1 Å². The molecular weight excluding hydrogens is 306 g/mol. The molecule has 0 aliphatic carbocycles. The van der Waals surface area contributed by atoms with Gasteiger partial charge in [-0.3, -0.25) is 9.59 Å². The number of hydrogen-bond donors (Lipinski definition) is 2. The van der Waals surface area contributed by atoms with E-state index in [1.807, 2.05) is 0 Å². The Morgan fingerprint density at radius 3 is 2.68 bits per heavy atom. The number of ketones is 1. The molecule has 0 aromatic carbocycles. The number of Topliss-reactive ketones (excluding diaryl/α,β-unsaturated/α-hetero) is 1. The van der Waals surface area contributed by atoms with Crippen molar-refractivity contribution in [3.63, 3.8) is 0 Å². The summed E-state index contributed by atoms with van der Waals surface area (Å²) in [5.41, 5.74) is 1.36. The summed E-state index contributed by atoms with van der Waals surface area (Å²) < 4.78 is 4.73. The molecule has 116 valence electrons. The van der Waals surface area contributed by atoms with Gasteiger partial charge in [0.05, 0.1) is 24.8 Å². The first-order valence-electron chi connectivity index (χ1n) is 6.44. The van der Waals surface area contributed by atoms with Gasteiger partial charge < -0.3 is 15.0 Å². The third-order valence-corrected chi connectivity index (χ3v) is 3.77. The standard InChI is InChI=1S/C14H15N3O4S/c1-7-11(13(20)21-3)9(16-12(7)8(2)18)6-10(19)17-14-15-4-5-22-14/h4-5,16H,6H2,1-3H3,(H,15,17,19). The molecule has 0 radical (unpaired) electrons. The maximum atomic E-state index is 12.0. The number of aromatic amines is 1. The number of H-pyrrole nitrogens is 1. The predicted octanol–water partition coefficient (Wildman–Crippen LogP) is 1.95. The number of esters is 1. The van der Waals surface area contributed by atoms with Crippen LogP contribution in [0, 0.1) is 6.92 Å². The van der Waals surface area contributed by atoms with E-state index >= 15 is 0 Å². The number of carbonyl (C=O) groups excluding carboxylic acids is 3. The fourth-order valence-electron chi connectivity index (χ4n) is 2.13. The lowest BCUT2D eigenvalue weighted by Crippen LogP contribution is -2.16. The zero-order chi connectivity index (χ0) is 16.3. The number of nitrogens with zero attached hydrogens (tertiary/aromatic N) is 1. The second-order valence-corrected chi connectivity index (χ2v) is 5.48. The normalized spacial score (nSPS) is 10.3. The van der Waals surface area contributed by atoms with Gasteiger partial charge in [0.2, 0.25) is 5.91 Å². The quantitative estimate of drug-likeness (QED) is 0.647. The second-order valence-electron chi connectivity index (χ2n) is 4.59. The Morgan fingerprint density at radius 1 is 1.41 bits per heavy atom. The average Bonchev–Trinajstić information content (AvgIpc) is 3.06. The van der Waals surface area contributed by atoms with Crippen LogP contribution >= 0.6 is 11.3 Å². The van der Waals surface area contributed by atoms with Crippen molar-refractivity contribution in [2.45, 2.75) is 20.3 Å². The zero-order valence-corrected chi connectivity index (χ0v) is 13.2. The third kappa shape index (κ3) is 3.22. The Morgan fingerprint density at radius 2 is 2.14 bits per heavy atom.